The van der Waals surface area contributed by atoms with Gasteiger partial charge in [-0.05, 0) is 30.9 Å². The third-order valence-electron chi connectivity index (χ3n) is 5.91. The van der Waals surface area contributed by atoms with E-state index < -0.39 is 49.3 Å². The van der Waals surface area contributed by atoms with Crippen LogP contribution < -0.4 is 15.0 Å². The first kappa shape index (κ1) is 25.9. The number of hydrogen-bond donors (Lipinski definition) is 3. The van der Waals surface area contributed by atoms with Gasteiger partial charge in [-0.3, -0.25) is 9.59 Å². The molecule has 8 nitrogen and oxygen atoms in total. The summed E-state index contributed by atoms with van der Waals surface area (Å²) in [6.45, 7) is -0.274. The van der Waals surface area contributed by atoms with Crippen LogP contribution in [0.15, 0.2) is 24.3 Å². The van der Waals surface area contributed by atoms with Gasteiger partial charge in [-0.2, -0.15) is 0 Å². The highest BCUT2D eigenvalue weighted by Crippen LogP contribution is 2.34. The first-order valence-electron chi connectivity index (χ1n) is 10.8. The van der Waals surface area contributed by atoms with Crippen molar-refractivity contribution in [2.24, 2.45) is 5.92 Å². The Labute approximate surface area is 192 Å². The quantitative estimate of drug-likeness (QED) is 0.496. The summed E-state index contributed by atoms with van der Waals surface area (Å²) in [5.74, 6) is -5.60. The average Bonchev–Trinajstić information content (AvgIpc) is 3.15. The summed E-state index contributed by atoms with van der Waals surface area (Å²) in [6, 6.07) is 5.79. The van der Waals surface area contributed by atoms with Gasteiger partial charge < -0.3 is 30.1 Å². The maximum absolute atomic E-state index is 13.3. The first-order valence-corrected chi connectivity index (χ1v) is 10.8. The Kier molecular flexibility index (Phi) is 7.86. The van der Waals surface area contributed by atoms with E-state index in [9.17, 15) is 41.8 Å². The van der Waals surface area contributed by atoms with Crippen LogP contribution in [0.1, 0.15) is 19.3 Å². The second kappa shape index (κ2) is 10.3. The number of rotatable bonds is 7. The molecule has 2 atom stereocenters. The van der Waals surface area contributed by atoms with Crippen molar-refractivity contribution < 1.29 is 46.5 Å². The molecule has 2 aliphatic heterocycles. The number of piperidine rings is 1. The lowest BCUT2D eigenvalue weighted by atomic mass is 9.96. The van der Waals surface area contributed by atoms with Gasteiger partial charge >= 0.3 is 6.36 Å². The van der Waals surface area contributed by atoms with E-state index in [-0.39, 0.29) is 24.8 Å². The molecule has 3 rings (SSSR count). The molecule has 2 heterocycles. The van der Waals surface area contributed by atoms with Crippen molar-refractivity contribution in [3.05, 3.63) is 24.3 Å². The number of nitrogens with zero attached hydrogens (tertiary/aromatic N) is 2. The largest absolute Gasteiger partial charge is 0.573 e. The number of carbonyl (C=O) groups is 2. The lowest BCUT2D eigenvalue weighted by molar-refractivity contribution is -0.274. The number of para-hydroxylation sites is 2. The Morgan fingerprint density at radius 1 is 1.12 bits per heavy atom. The van der Waals surface area contributed by atoms with Crippen LogP contribution in [0, 0.1) is 5.92 Å². The minimum absolute atomic E-state index is 0.0618. The molecule has 0 saturated carbocycles. The monoisotopic (exact) mass is 495 g/mol. The number of ether oxygens (including phenoxy) is 1. The van der Waals surface area contributed by atoms with Crippen molar-refractivity contribution in [1.82, 2.24) is 10.2 Å². The molecule has 2 aliphatic rings. The van der Waals surface area contributed by atoms with Crippen LogP contribution in [0.2, 0.25) is 0 Å². The number of carbonyl (C=O) groups excluding carboxylic acids is 2. The molecular formula is C21H26F5N3O5. The zero-order chi connectivity index (χ0) is 25.1. The Balaban J connectivity index is 1.46. The molecule has 2 amide bonds. The van der Waals surface area contributed by atoms with Crippen LogP contribution >= 0.6 is 0 Å². The predicted molar refractivity (Wildman–Crippen MR) is 109 cm³/mol. The third kappa shape index (κ3) is 6.69. The molecule has 2 fully saturated rings. The highest BCUT2D eigenvalue weighted by molar-refractivity contribution is 5.90. The predicted octanol–water partition coefficient (Wildman–Crippen LogP) is 1.51. The number of aliphatic hydroxyl groups excluding tert-OH is 2. The molecule has 0 aromatic heterocycles. The molecule has 34 heavy (non-hydrogen) atoms. The maximum atomic E-state index is 13.3. The van der Waals surface area contributed by atoms with Crippen LogP contribution in [0.25, 0.3) is 0 Å². The Bertz CT molecular complexity index is 877. The fourth-order valence-corrected chi connectivity index (χ4v) is 4.05. The molecule has 3 N–H and O–H groups in total. The van der Waals surface area contributed by atoms with Crippen LogP contribution in [0.5, 0.6) is 5.75 Å². The second-order valence-electron chi connectivity index (χ2n) is 8.45. The van der Waals surface area contributed by atoms with Gasteiger partial charge in [0.2, 0.25) is 0 Å². The highest BCUT2D eigenvalue weighted by atomic mass is 19.4. The minimum atomic E-state index is -4.82. The normalized spacial score (nSPS) is 20.7. The average molecular weight is 495 g/mol. The summed E-state index contributed by atoms with van der Waals surface area (Å²) >= 11 is 0. The zero-order valence-electron chi connectivity index (χ0n) is 18.1. The van der Waals surface area contributed by atoms with Crippen molar-refractivity contribution in [3.8, 4) is 5.75 Å². The highest BCUT2D eigenvalue weighted by Gasteiger charge is 2.43. The van der Waals surface area contributed by atoms with Gasteiger partial charge in [-0.25, -0.2) is 8.78 Å². The number of halogens is 5. The van der Waals surface area contributed by atoms with E-state index in [2.05, 4.69) is 10.1 Å². The molecule has 0 aliphatic carbocycles. The molecule has 0 bridgehead atoms. The zero-order valence-corrected chi connectivity index (χ0v) is 18.1. The van der Waals surface area contributed by atoms with Gasteiger partial charge in [0.1, 0.15) is 0 Å². The molecule has 0 radical (unpaired) electrons. The van der Waals surface area contributed by atoms with Gasteiger partial charge in [-0.15, -0.1) is 13.2 Å². The number of amides is 2. The Hall–Kier alpha value is -2.67. The number of anilines is 1. The molecule has 1 aromatic rings. The van der Waals surface area contributed by atoms with E-state index in [0.717, 1.165) is 0 Å². The molecular weight excluding hydrogens is 469 g/mol. The van der Waals surface area contributed by atoms with E-state index in [4.69, 9.17) is 0 Å². The molecule has 0 unspecified atom stereocenters. The lowest BCUT2D eigenvalue weighted by Gasteiger charge is -2.34. The van der Waals surface area contributed by atoms with Crippen molar-refractivity contribution in [3.63, 3.8) is 0 Å². The van der Waals surface area contributed by atoms with Gasteiger partial charge in [0.15, 0.2) is 18.0 Å². The number of nitrogens with one attached hydrogen (secondary N) is 1. The van der Waals surface area contributed by atoms with Gasteiger partial charge in [0.25, 0.3) is 17.7 Å². The summed E-state index contributed by atoms with van der Waals surface area (Å²) in [4.78, 5) is 26.7. The topological polar surface area (TPSA) is 102 Å². The minimum Gasteiger partial charge on any atom is -0.404 e. The second-order valence-corrected chi connectivity index (χ2v) is 8.45. The number of alkyl halides is 5. The summed E-state index contributed by atoms with van der Waals surface area (Å²) in [5, 5.41) is 22.4. The number of hydrogen-bond acceptors (Lipinski definition) is 6. The molecule has 0 spiro atoms. The van der Waals surface area contributed by atoms with Crippen molar-refractivity contribution in [2.45, 2.75) is 43.8 Å². The van der Waals surface area contributed by atoms with Gasteiger partial charge in [0.05, 0.1) is 12.2 Å². The first-order chi connectivity index (χ1) is 15.9. The number of aliphatic hydroxyl groups is 2. The van der Waals surface area contributed by atoms with Crippen LogP contribution in [-0.2, 0) is 9.59 Å². The number of likely N-dealkylation sites (tertiary alicyclic amines) is 1. The Morgan fingerprint density at radius 2 is 1.76 bits per heavy atom. The molecule has 190 valence electrons. The standard InChI is InChI=1S/C21H26F5N3O5/c22-20(23)7-10-29(12-20)19(33)17(31)16(30)18(32)27-11-13-5-8-28(9-6-13)14-3-1-2-4-15(14)34-21(24,25)26/h1-4,13,16-17,30-31H,5-12H2,(H,27,32)/t16-,17-/m1/s1. The van der Waals surface area contributed by atoms with Crippen molar-refractivity contribution in [2.75, 3.05) is 37.6 Å². The fraction of sp³-hybridized carbons (Fsp3) is 0.619. The van der Waals surface area contributed by atoms with E-state index in [1.54, 1.807) is 11.0 Å². The summed E-state index contributed by atoms with van der Waals surface area (Å²) in [5.41, 5.74) is 0.298. The third-order valence-corrected chi connectivity index (χ3v) is 5.91. The van der Waals surface area contributed by atoms with E-state index in [1.807, 2.05) is 0 Å². The van der Waals surface area contributed by atoms with Crippen molar-refractivity contribution in [1.29, 1.82) is 0 Å². The van der Waals surface area contributed by atoms with Gasteiger partial charge in [-0.1, -0.05) is 12.1 Å². The van der Waals surface area contributed by atoms with E-state index in [0.29, 0.717) is 36.5 Å². The van der Waals surface area contributed by atoms with Crippen LogP contribution in [-0.4, -0.2) is 84.1 Å². The van der Waals surface area contributed by atoms with E-state index in [1.165, 1.54) is 18.2 Å². The summed E-state index contributed by atoms with van der Waals surface area (Å²) in [6.07, 6.45) is -8.63. The van der Waals surface area contributed by atoms with Gasteiger partial charge in [0, 0.05) is 32.6 Å². The van der Waals surface area contributed by atoms with Crippen LogP contribution in [0.3, 0.4) is 0 Å². The number of benzene rings is 1. The molecule has 1 aromatic carbocycles. The Morgan fingerprint density at radius 3 is 2.35 bits per heavy atom. The van der Waals surface area contributed by atoms with Crippen molar-refractivity contribution >= 4 is 17.5 Å². The molecule has 13 heteroatoms. The smallest absolute Gasteiger partial charge is 0.404 e. The molecule has 2 saturated heterocycles. The van der Waals surface area contributed by atoms with E-state index >= 15 is 0 Å². The SMILES string of the molecule is O=C(NCC1CCN(c2ccccc2OC(F)(F)F)CC1)[C@H](O)[C@@H](O)C(=O)N1CCC(F)(F)C1. The van der Waals surface area contributed by atoms with Crippen LogP contribution in [0.4, 0.5) is 27.6 Å². The fourth-order valence-electron chi connectivity index (χ4n) is 4.05. The summed E-state index contributed by atoms with van der Waals surface area (Å²) < 4.78 is 68.5. The lowest BCUT2D eigenvalue weighted by Crippen LogP contribution is -2.51. The summed E-state index contributed by atoms with van der Waals surface area (Å²) in [7, 11) is 0. The maximum Gasteiger partial charge on any atom is 0.573 e.